The number of hydrogen-bond acceptors (Lipinski definition) is 5. The number of nitrogens with one attached hydrogen (secondary N) is 2. The molecule has 0 saturated heterocycles. The smallest absolute Gasteiger partial charge is 0.267 e. The molecule has 7 nitrogen and oxygen atoms in total. The van der Waals surface area contributed by atoms with Crippen molar-refractivity contribution < 1.29 is 22.4 Å². The Morgan fingerprint density at radius 3 is 2.25 bits per heavy atom. The lowest BCUT2D eigenvalue weighted by molar-refractivity contribution is 0.0849. The Kier molecular flexibility index (Phi) is 7.39. The Balaban J connectivity index is 1.67. The second-order valence-corrected chi connectivity index (χ2v) is 9.72. The molecule has 168 valence electrons. The molecule has 0 atom stereocenters. The van der Waals surface area contributed by atoms with E-state index in [0.29, 0.717) is 18.0 Å². The van der Waals surface area contributed by atoms with Crippen molar-refractivity contribution in [2.24, 2.45) is 0 Å². The maximum atomic E-state index is 13.1. The molecule has 10 heteroatoms. The van der Waals surface area contributed by atoms with Crippen LogP contribution in [0.5, 0.6) is 0 Å². The number of halogens is 1. The Morgan fingerprint density at radius 1 is 0.938 bits per heavy atom. The minimum absolute atomic E-state index is 0.00220. The molecule has 3 rings (SSSR count). The summed E-state index contributed by atoms with van der Waals surface area (Å²) >= 11 is 1.19. The molecule has 0 aliphatic carbocycles. The van der Waals surface area contributed by atoms with Gasteiger partial charge in [-0.25, -0.2) is 12.8 Å². The molecule has 3 aromatic rings. The standard InChI is InChI=1S/C22H22FN3O4S2/c1-3-26(4-2)32(29,30)18-7-5-6-16(14-18)21(27)24-25-22(28)20-13-12-19(31-20)15-8-10-17(23)11-9-15/h5-14H,3-4H2,1-2H3,(H,24,27)(H,25,28). The van der Waals surface area contributed by atoms with Crippen LogP contribution >= 0.6 is 11.3 Å². The van der Waals surface area contributed by atoms with Gasteiger partial charge < -0.3 is 0 Å². The first-order valence-corrected chi connectivity index (χ1v) is 12.1. The fraction of sp³-hybridized carbons (Fsp3) is 0.182. The van der Waals surface area contributed by atoms with Gasteiger partial charge in [0.1, 0.15) is 5.82 Å². The molecule has 0 aliphatic heterocycles. The van der Waals surface area contributed by atoms with Gasteiger partial charge in [0.15, 0.2) is 0 Å². The number of thiophene rings is 1. The number of rotatable bonds is 7. The van der Waals surface area contributed by atoms with Crippen LogP contribution in [0.3, 0.4) is 0 Å². The molecule has 2 amide bonds. The summed E-state index contributed by atoms with van der Waals surface area (Å²) in [6.07, 6.45) is 0. The Morgan fingerprint density at radius 2 is 1.59 bits per heavy atom. The van der Waals surface area contributed by atoms with Gasteiger partial charge in [-0.1, -0.05) is 32.0 Å². The molecule has 1 heterocycles. The second-order valence-electron chi connectivity index (χ2n) is 6.70. The predicted molar refractivity (Wildman–Crippen MR) is 121 cm³/mol. The maximum absolute atomic E-state index is 13.1. The summed E-state index contributed by atoms with van der Waals surface area (Å²) < 4.78 is 39.7. The summed E-state index contributed by atoms with van der Waals surface area (Å²) in [7, 11) is -3.71. The third-order valence-corrected chi connectivity index (χ3v) is 7.87. The predicted octanol–water partition coefficient (Wildman–Crippen LogP) is 3.66. The van der Waals surface area contributed by atoms with Crippen molar-refractivity contribution >= 4 is 33.2 Å². The van der Waals surface area contributed by atoms with Crippen LogP contribution in [-0.4, -0.2) is 37.6 Å². The van der Waals surface area contributed by atoms with Crippen molar-refractivity contribution in [3.8, 4) is 10.4 Å². The van der Waals surface area contributed by atoms with Crippen LogP contribution in [0.25, 0.3) is 10.4 Å². The molecule has 0 bridgehead atoms. The topological polar surface area (TPSA) is 95.6 Å². The highest BCUT2D eigenvalue weighted by molar-refractivity contribution is 7.89. The first-order chi connectivity index (χ1) is 15.3. The average Bonchev–Trinajstić information content (AvgIpc) is 3.29. The van der Waals surface area contributed by atoms with Gasteiger partial charge in [-0.15, -0.1) is 11.3 Å². The van der Waals surface area contributed by atoms with Gasteiger partial charge in [0.2, 0.25) is 10.0 Å². The highest BCUT2D eigenvalue weighted by atomic mass is 32.2. The number of amides is 2. The molecule has 2 N–H and O–H groups in total. The molecule has 1 aromatic heterocycles. The third-order valence-electron chi connectivity index (χ3n) is 4.69. The highest BCUT2D eigenvalue weighted by Gasteiger charge is 2.22. The number of carbonyl (C=O) groups excluding carboxylic acids is 2. The molecular weight excluding hydrogens is 453 g/mol. The van der Waals surface area contributed by atoms with Crippen molar-refractivity contribution in [2.45, 2.75) is 18.7 Å². The van der Waals surface area contributed by atoms with Crippen molar-refractivity contribution in [1.82, 2.24) is 15.2 Å². The first kappa shape index (κ1) is 23.6. The van der Waals surface area contributed by atoms with Gasteiger partial charge in [0, 0.05) is 23.5 Å². The van der Waals surface area contributed by atoms with E-state index in [1.54, 1.807) is 38.1 Å². The normalized spacial score (nSPS) is 11.4. The van der Waals surface area contributed by atoms with E-state index in [9.17, 15) is 22.4 Å². The van der Waals surface area contributed by atoms with E-state index < -0.39 is 21.8 Å². The van der Waals surface area contributed by atoms with Gasteiger partial charge in [-0.3, -0.25) is 20.4 Å². The van der Waals surface area contributed by atoms with Gasteiger partial charge in [-0.2, -0.15) is 4.31 Å². The SMILES string of the molecule is CCN(CC)S(=O)(=O)c1cccc(C(=O)NNC(=O)c2ccc(-c3ccc(F)cc3)s2)c1. The minimum Gasteiger partial charge on any atom is -0.267 e. The van der Waals surface area contributed by atoms with Crippen molar-refractivity contribution in [2.75, 3.05) is 13.1 Å². The Bertz CT molecular complexity index is 1220. The summed E-state index contributed by atoms with van der Waals surface area (Å²) in [5, 5.41) is 0. The fourth-order valence-electron chi connectivity index (χ4n) is 2.99. The zero-order valence-corrected chi connectivity index (χ0v) is 19.1. The van der Waals surface area contributed by atoms with E-state index in [-0.39, 0.29) is 16.3 Å². The quantitative estimate of drug-likeness (QED) is 0.510. The first-order valence-electron chi connectivity index (χ1n) is 9.83. The van der Waals surface area contributed by atoms with Crippen LogP contribution < -0.4 is 10.9 Å². The summed E-state index contributed by atoms with van der Waals surface area (Å²) in [4.78, 5) is 26.0. The summed E-state index contributed by atoms with van der Waals surface area (Å²) in [5.74, 6) is -1.52. The lowest BCUT2D eigenvalue weighted by Gasteiger charge is -2.18. The monoisotopic (exact) mass is 475 g/mol. The van der Waals surface area contributed by atoms with E-state index >= 15 is 0 Å². The van der Waals surface area contributed by atoms with Crippen LogP contribution in [0.1, 0.15) is 33.9 Å². The van der Waals surface area contributed by atoms with E-state index in [0.717, 1.165) is 10.4 Å². The molecule has 0 spiro atoms. The Labute approximate surface area is 189 Å². The van der Waals surface area contributed by atoms with Crippen LogP contribution in [0.2, 0.25) is 0 Å². The molecule has 0 unspecified atom stereocenters. The molecule has 32 heavy (non-hydrogen) atoms. The summed E-state index contributed by atoms with van der Waals surface area (Å²) in [6.45, 7) is 4.09. The van der Waals surface area contributed by atoms with Crippen LogP contribution in [0.15, 0.2) is 65.6 Å². The van der Waals surface area contributed by atoms with Crippen LogP contribution in [0, 0.1) is 5.82 Å². The zero-order valence-electron chi connectivity index (χ0n) is 17.5. The van der Waals surface area contributed by atoms with Gasteiger partial charge >= 0.3 is 0 Å². The van der Waals surface area contributed by atoms with E-state index in [2.05, 4.69) is 10.9 Å². The second kappa shape index (κ2) is 10.0. The molecule has 0 saturated carbocycles. The largest absolute Gasteiger partial charge is 0.279 e. The van der Waals surface area contributed by atoms with Gasteiger partial charge in [0.25, 0.3) is 11.8 Å². The van der Waals surface area contributed by atoms with E-state index in [4.69, 9.17) is 0 Å². The fourth-order valence-corrected chi connectivity index (χ4v) is 5.40. The number of hydrazine groups is 1. The van der Waals surface area contributed by atoms with Gasteiger partial charge in [0.05, 0.1) is 9.77 Å². The third kappa shape index (κ3) is 5.21. The Hall–Kier alpha value is -3.08. The number of carbonyl (C=O) groups is 2. The van der Waals surface area contributed by atoms with Crippen molar-refractivity contribution in [1.29, 1.82) is 0 Å². The van der Waals surface area contributed by atoms with Crippen molar-refractivity contribution in [3.63, 3.8) is 0 Å². The van der Waals surface area contributed by atoms with E-state index in [1.165, 1.54) is 52.0 Å². The molecule has 0 fully saturated rings. The van der Waals surface area contributed by atoms with Gasteiger partial charge in [-0.05, 0) is 48.0 Å². The maximum Gasteiger partial charge on any atom is 0.279 e. The number of sulfonamides is 1. The van der Waals surface area contributed by atoms with Crippen LogP contribution in [0.4, 0.5) is 4.39 Å². The number of benzene rings is 2. The summed E-state index contributed by atoms with van der Waals surface area (Å²) in [5.41, 5.74) is 5.49. The lowest BCUT2D eigenvalue weighted by Crippen LogP contribution is -2.41. The molecule has 2 aromatic carbocycles. The molecule has 0 aliphatic rings. The lowest BCUT2D eigenvalue weighted by atomic mass is 10.2. The van der Waals surface area contributed by atoms with Crippen molar-refractivity contribution in [3.05, 3.63) is 76.9 Å². The van der Waals surface area contributed by atoms with E-state index in [1.807, 2.05) is 0 Å². The highest BCUT2D eigenvalue weighted by Crippen LogP contribution is 2.28. The number of nitrogens with zero attached hydrogens (tertiary/aromatic N) is 1. The minimum atomic E-state index is -3.71. The average molecular weight is 476 g/mol. The zero-order chi connectivity index (χ0) is 23.3. The summed E-state index contributed by atoms with van der Waals surface area (Å²) in [6, 6.07) is 14.9. The molecular formula is C22H22FN3O4S2. The molecule has 0 radical (unpaired) electrons. The number of hydrogen-bond donors (Lipinski definition) is 2. The van der Waals surface area contributed by atoms with Crippen LogP contribution in [-0.2, 0) is 10.0 Å².